The molecule has 0 aliphatic carbocycles. The molecule has 1 aromatic carbocycles. The van der Waals surface area contributed by atoms with Gasteiger partial charge in [0.2, 0.25) is 0 Å². The van der Waals surface area contributed by atoms with Crippen LogP contribution in [0.1, 0.15) is 19.3 Å². The largest absolute Gasteiger partial charge is 0.395 e. The van der Waals surface area contributed by atoms with E-state index in [1.807, 2.05) is 0 Å². The van der Waals surface area contributed by atoms with E-state index in [4.69, 9.17) is 10.5 Å². The van der Waals surface area contributed by atoms with Crippen molar-refractivity contribution < 1.29 is 13.5 Å². The van der Waals surface area contributed by atoms with Gasteiger partial charge in [-0.3, -0.25) is 0 Å². The maximum absolute atomic E-state index is 13.1. The van der Waals surface area contributed by atoms with E-state index in [0.717, 1.165) is 31.9 Å². The van der Waals surface area contributed by atoms with E-state index in [1.165, 1.54) is 6.07 Å². The van der Waals surface area contributed by atoms with E-state index < -0.39 is 11.6 Å². The molecule has 3 N–H and O–H groups in total. The Morgan fingerprint density at radius 2 is 2.24 bits per heavy atom. The van der Waals surface area contributed by atoms with Gasteiger partial charge in [0.15, 0.2) is 5.82 Å². The van der Waals surface area contributed by atoms with Crippen LogP contribution in [-0.2, 0) is 4.74 Å². The summed E-state index contributed by atoms with van der Waals surface area (Å²) < 4.78 is 31.6. The summed E-state index contributed by atoms with van der Waals surface area (Å²) in [5.74, 6) is -1.36. The van der Waals surface area contributed by atoms with Crippen LogP contribution in [0.2, 0.25) is 0 Å². The highest BCUT2D eigenvalue weighted by molar-refractivity contribution is 5.66. The van der Waals surface area contributed by atoms with Crippen molar-refractivity contribution in [2.75, 3.05) is 24.2 Å². The third-order valence-electron chi connectivity index (χ3n) is 2.90. The summed E-state index contributed by atoms with van der Waals surface area (Å²) in [5.41, 5.74) is 5.77. The summed E-state index contributed by atoms with van der Waals surface area (Å²) in [4.78, 5) is 0. The maximum Gasteiger partial charge on any atom is 0.151 e. The number of hydrogen-bond donors (Lipinski definition) is 2. The average molecular weight is 242 g/mol. The quantitative estimate of drug-likeness (QED) is 0.797. The number of nitrogens with two attached hydrogens (primary N) is 1. The Labute approximate surface area is 98.9 Å². The maximum atomic E-state index is 13.1. The van der Waals surface area contributed by atoms with Gasteiger partial charge >= 0.3 is 0 Å². The Kier molecular flexibility index (Phi) is 3.78. The second-order valence-corrected chi connectivity index (χ2v) is 4.20. The third-order valence-corrected chi connectivity index (χ3v) is 2.90. The molecule has 94 valence electrons. The van der Waals surface area contributed by atoms with Gasteiger partial charge in [-0.2, -0.15) is 0 Å². The Bertz CT molecular complexity index is 392. The first kappa shape index (κ1) is 12.1. The number of benzene rings is 1. The predicted octanol–water partition coefficient (Wildman–Crippen LogP) is 2.53. The lowest BCUT2D eigenvalue weighted by atomic mass is 10.2. The highest BCUT2D eigenvalue weighted by Crippen LogP contribution is 2.23. The molecule has 0 bridgehead atoms. The third kappa shape index (κ3) is 3.06. The minimum Gasteiger partial charge on any atom is -0.395 e. The van der Waals surface area contributed by atoms with Crippen molar-refractivity contribution in [3.8, 4) is 0 Å². The molecule has 0 spiro atoms. The summed E-state index contributed by atoms with van der Waals surface area (Å²) in [7, 11) is 0. The van der Waals surface area contributed by atoms with Crippen molar-refractivity contribution in [1.82, 2.24) is 0 Å². The molecule has 1 saturated heterocycles. The van der Waals surface area contributed by atoms with Crippen LogP contribution in [0, 0.1) is 11.6 Å². The van der Waals surface area contributed by atoms with Crippen LogP contribution in [0.5, 0.6) is 0 Å². The smallest absolute Gasteiger partial charge is 0.151 e. The van der Waals surface area contributed by atoms with Crippen molar-refractivity contribution >= 4 is 11.4 Å². The van der Waals surface area contributed by atoms with Crippen LogP contribution in [0.3, 0.4) is 0 Å². The van der Waals surface area contributed by atoms with Crippen LogP contribution in [-0.4, -0.2) is 19.3 Å². The van der Waals surface area contributed by atoms with Crippen molar-refractivity contribution in [2.24, 2.45) is 0 Å². The van der Waals surface area contributed by atoms with Gasteiger partial charge in [0.25, 0.3) is 0 Å². The zero-order valence-corrected chi connectivity index (χ0v) is 9.51. The molecule has 17 heavy (non-hydrogen) atoms. The molecule has 2 rings (SSSR count). The topological polar surface area (TPSA) is 47.3 Å². The fourth-order valence-electron chi connectivity index (χ4n) is 1.97. The minimum absolute atomic E-state index is 0.0428. The van der Waals surface area contributed by atoms with Crippen molar-refractivity contribution in [3.05, 3.63) is 23.8 Å². The molecule has 0 radical (unpaired) electrons. The summed E-state index contributed by atoms with van der Waals surface area (Å²) in [6, 6.07) is 1.98. The standard InChI is InChI=1S/C12H16F2N2O/c13-8-6-10(14)12(15)11(7-8)16-4-3-9-2-1-5-17-9/h6-7,9,16H,1-5,15H2. The van der Waals surface area contributed by atoms with Gasteiger partial charge in [-0.15, -0.1) is 0 Å². The van der Waals surface area contributed by atoms with Gasteiger partial charge < -0.3 is 15.8 Å². The monoisotopic (exact) mass is 242 g/mol. The molecule has 0 saturated carbocycles. The lowest BCUT2D eigenvalue weighted by Gasteiger charge is -2.13. The first-order chi connectivity index (χ1) is 8.16. The molecule has 1 aliphatic rings. The number of halogens is 2. The molecular weight excluding hydrogens is 226 g/mol. The van der Waals surface area contributed by atoms with Crippen LogP contribution in [0.15, 0.2) is 12.1 Å². The Morgan fingerprint density at radius 1 is 1.41 bits per heavy atom. The second-order valence-electron chi connectivity index (χ2n) is 4.20. The molecule has 1 heterocycles. The van der Waals surface area contributed by atoms with Gasteiger partial charge in [0.1, 0.15) is 5.82 Å². The van der Waals surface area contributed by atoms with E-state index in [-0.39, 0.29) is 11.8 Å². The van der Waals surface area contributed by atoms with Crippen LogP contribution < -0.4 is 11.1 Å². The normalized spacial score (nSPS) is 19.5. The second kappa shape index (κ2) is 5.31. The summed E-state index contributed by atoms with van der Waals surface area (Å²) in [6.07, 6.45) is 3.20. The molecule has 0 aromatic heterocycles. The number of anilines is 2. The SMILES string of the molecule is Nc1c(F)cc(F)cc1NCCC1CCCO1. The average Bonchev–Trinajstić information content (AvgIpc) is 2.78. The van der Waals surface area contributed by atoms with Crippen LogP contribution in [0.25, 0.3) is 0 Å². The fourth-order valence-corrected chi connectivity index (χ4v) is 1.97. The first-order valence-electron chi connectivity index (χ1n) is 5.77. The number of rotatable bonds is 4. The molecule has 1 aromatic rings. The predicted molar refractivity (Wildman–Crippen MR) is 62.9 cm³/mol. The Balaban J connectivity index is 1.89. The summed E-state index contributed by atoms with van der Waals surface area (Å²) in [6.45, 7) is 1.40. The molecule has 0 amide bonds. The number of ether oxygens (including phenoxy) is 1. The van der Waals surface area contributed by atoms with Gasteiger partial charge in [-0.1, -0.05) is 0 Å². The Hall–Kier alpha value is -1.36. The fraction of sp³-hybridized carbons (Fsp3) is 0.500. The number of hydrogen-bond acceptors (Lipinski definition) is 3. The van der Waals surface area contributed by atoms with Crippen molar-refractivity contribution in [3.63, 3.8) is 0 Å². The Morgan fingerprint density at radius 3 is 2.94 bits per heavy atom. The van der Waals surface area contributed by atoms with E-state index >= 15 is 0 Å². The van der Waals surface area contributed by atoms with Gasteiger partial charge in [0, 0.05) is 19.2 Å². The molecule has 3 nitrogen and oxygen atoms in total. The van der Waals surface area contributed by atoms with Gasteiger partial charge in [0.05, 0.1) is 17.5 Å². The van der Waals surface area contributed by atoms with E-state index in [1.54, 1.807) is 0 Å². The number of nitrogen functional groups attached to an aromatic ring is 1. The lowest BCUT2D eigenvalue weighted by Crippen LogP contribution is -2.13. The zero-order valence-electron chi connectivity index (χ0n) is 9.51. The molecular formula is C12H16F2N2O. The van der Waals surface area contributed by atoms with E-state index in [9.17, 15) is 8.78 Å². The summed E-state index contributed by atoms with van der Waals surface area (Å²) in [5, 5.41) is 2.94. The van der Waals surface area contributed by atoms with Crippen LogP contribution >= 0.6 is 0 Å². The lowest BCUT2D eigenvalue weighted by molar-refractivity contribution is 0.107. The minimum atomic E-state index is -0.732. The van der Waals surface area contributed by atoms with Gasteiger partial charge in [-0.25, -0.2) is 8.78 Å². The molecule has 1 atom stereocenters. The van der Waals surface area contributed by atoms with E-state index in [0.29, 0.717) is 12.2 Å². The van der Waals surface area contributed by atoms with Crippen molar-refractivity contribution in [1.29, 1.82) is 0 Å². The molecule has 5 heteroatoms. The first-order valence-corrected chi connectivity index (χ1v) is 5.77. The number of nitrogens with one attached hydrogen (secondary N) is 1. The van der Waals surface area contributed by atoms with E-state index in [2.05, 4.69) is 5.32 Å². The molecule has 1 fully saturated rings. The highest BCUT2D eigenvalue weighted by atomic mass is 19.1. The van der Waals surface area contributed by atoms with Gasteiger partial charge in [-0.05, 0) is 25.3 Å². The van der Waals surface area contributed by atoms with Crippen molar-refractivity contribution in [2.45, 2.75) is 25.4 Å². The van der Waals surface area contributed by atoms with Crippen LogP contribution in [0.4, 0.5) is 20.2 Å². The molecule has 1 unspecified atom stereocenters. The highest BCUT2D eigenvalue weighted by Gasteiger charge is 2.15. The molecule has 1 aliphatic heterocycles. The summed E-state index contributed by atoms with van der Waals surface area (Å²) >= 11 is 0. The zero-order chi connectivity index (χ0) is 12.3.